The third-order valence-corrected chi connectivity index (χ3v) is 4.61. The fourth-order valence-electron chi connectivity index (χ4n) is 3.13. The molecule has 0 saturated heterocycles. The molecule has 0 radical (unpaired) electrons. The standard InChI is InChI=1S/C20H20N6O/c1-13-19(15-5-7-17-14(10-15)4-3-9-21-17)23-12-24-20(13)22-11-16-6-8-18(27)26(2)25-16/h3-10,12,16,25H,11H2,1-2H3,(H,22,23,24). The smallest absolute Gasteiger partial charge is 0.260 e. The normalized spacial score (nSPS) is 16.7. The Hall–Kier alpha value is -3.32. The van der Waals surface area contributed by atoms with Crippen LogP contribution in [-0.4, -0.2) is 45.5 Å². The Bertz CT molecular complexity index is 1030. The number of aromatic nitrogens is 3. The van der Waals surface area contributed by atoms with Crippen LogP contribution in [0.1, 0.15) is 5.56 Å². The van der Waals surface area contributed by atoms with Gasteiger partial charge in [-0.3, -0.25) is 14.8 Å². The van der Waals surface area contributed by atoms with Crippen LogP contribution < -0.4 is 10.7 Å². The molecule has 2 aromatic heterocycles. The number of rotatable bonds is 4. The maximum Gasteiger partial charge on any atom is 0.260 e. The number of pyridine rings is 1. The summed E-state index contributed by atoms with van der Waals surface area (Å²) in [4.78, 5) is 24.7. The fraction of sp³-hybridized carbons (Fsp3) is 0.200. The maximum absolute atomic E-state index is 11.5. The van der Waals surface area contributed by atoms with E-state index in [2.05, 4.69) is 31.8 Å². The molecule has 1 amide bonds. The van der Waals surface area contributed by atoms with E-state index in [1.165, 1.54) is 5.01 Å². The van der Waals surface area contributed by atoms with Crippen LogP contribution in [0, 0.1) is 6.92 Å². The molecule has 3 heterocycles. The van der Waals surface area contributed by atoms with Crippen molar-refractivity contribution in [1.29, 1.82) is 0 Å². The minimum atomic E-state index is -0.0578. The molecule has 0 aliphatic carbocycles. The number of amides is 1. The molecule has 1 atom stereocenters. The molecule has 1 aromatic carbocycles. The van der Waals surface area contributed by atoms with E-state index in [-0.39, 0.29) is 11.9 Å². The number of hydrazine groups is 1. The van der Waals surface area contributed by atoms with Gasteiger partial charge in [0.2, 0.25) is 0 Å². The number of carbonyl (C=O) groups excluding carboxylic acids is 1. The molecule has 1 aliphatic rings. The van der Waals surface area contributed by atoms with E-state index in [4.69, 9.17) is 0 Å². The summed E-state index contributed by atoms with van der Waals surface area (Å²) in [7, 11) is 1.71. The first-order valence-electron chi connectivity index (χ1n) is 8.74. The van der Waals surface area contributed by atoms with Crippen LogP contribution in [0.4, 0.5) is 5.82 Å². The number of nitrogens with zero attached hydrogens (tertiary/aromatic N) is 4. The second-order valence-electron chi connectivity index (χ2n) is 6.48. The van der Waals surface area contributed by atoms with Crippen molar-refractivity contribution in [3.05, 3.63) is 60.6 Å². The van der Waals surface area contributed by atoms with Crippen molar-refractivity contribution in [2.24, 2.45) is 0 Å². The van der Waals surface area contributed by atoms with Crippen molar-refractivity contribution in [2.45, 2.75) is 13.0 Å². The lowest BCUT2D eigenvalue weighted by molar-refractivity contribution is -0.128. The number of anilines is 1. The molecule has 3 aromatic rings. The van der Waals surface area contributed by atoms with Crippen LogP contribution in [0.15, 0.2) is 55.0 Å². The third-order valence-electron chi connectivity index (χ3n) is 4.61. The van der Waals surface area contributed by atoms with E-state index in [0.717, 1.165) is 33.5 Å². The van der Waals surface area contributed by atoms with Gasteiger partial charge in [0.05, 0.1) is 17.3 Å². The zero-order valence-corrected chi connectivity index (χ0v) is 15.2. The quantitative estimate of drug-likeness (QED) is 0.743. The van der Waals surface area contributed by atoms with Gasteiger partial charge in [0.15, 0.2) is 0 Å². The molecule has 0 spiro atoms. The van der Waals surface area contributed by atoms with Gasteiger partial charge >= 0.3 is 0 Å². The summed E-state index contributed by atoms with van der Waals surface area (Å²) >= 11 is 0. The Balaban J connectivity index is 1.57. The first-order valence-corrected chi connectivity index (χ1v) is 8.74. The Kier molecular flexibility index (Phi) is 4.52. The van der Waals surface area contributed by atoms with Crippen molar-refractivity contribution in [3.63, 3.8) is 0 Å². The minimum Gasteiger partial charge on any atom is -0.368 e. The van der Waals surface area contributed by atoms with Gasteiger partial charge in [0.1, 0.15) is 12.1 Å². The summed E-state index contributed by atoms with van der Waals surface area (Å²) < 4.78 is 0. The van der Waals surface area contributed by atoms with E-state index in [1.807, 2.05) is 37.3 Å². The monoisotopic (exact) mass is 360 g/mol. The number of carbonyl (C=O) groups is 1. The predicted molar refractivity (Wildman–Crippen MR) is 105 cm³/mol. The summed E-state index contributed by atoms with van der Waals surface area (Å²) in [6.07, 6.45) is 6.78. The van der Waals surface area contributed by atoms with Gasteiger partial charge in [-0.15, -0.1) is 0 Å². The second kappa shape index (κ2) is 7.13. The van der Waals surface area contributed by atoms with Gasteiger partial charge in [-0.05, 0) is 25.1 Å². The number of hydrogen-bond donors (Lipinski definition) is 2. The molecule has 0 fully saturated rings. The molecule has 7 heteroatoms. The van der Waals surface area contributed by atoms with Gasteiger partial charge in [-0.1, -0.05) is 18.2 Å². The maximum atomic E-state index is 11.5. The minimum absolute atomic E-state index is 0.0114. The lowest BCUT2D eigenvalue weighted by Gasteiger charge is -2.27. The summed E-state index contributed by atoms with van der Waals surface area (Å²) in [6.45, 7) is 2.61. The van der Waals surface area contributed by atoms with Crippen LogP contribution in [0.2, 0.25) is 0 Å². The Morgan fingerprint density at radius 3 is 2.96 bits per heavy atom. The Labute approximate surface area is 157 Å². The van der Waals surface area contributed by atoms with Crippen molar-refractivity contribution in [3.8, 4) is 11.3 Å². The van der Waals surface area contributed by atoms with Crippen molar-refractivity contribution < 1.29 is 4.79 Å². The molecular weight excluding hydrogens is 340 g/mol. The fourth-order valence-corrected chi connectivity index (χ4v) is 3.13. The zero-order chi connectivity index (χ0) is 18.8. The van der Waals surface area contributed by atoms with E-state index in [9.17, 15) is 4.79 Å². The highest BCUT2D eigenvalue weighted by Crippen LogP contribution is 2.27. The summed E-state index contributed by atoms with van der Waals surface area (Å²) in [5.74, 6) is 0.721. The van der Waals surface area contributed by atoms with Gasteiger partial charge in [-0.2, -0.15) is 0 Å². The van der Waals surface area contributed by atoms with Crippen molar-refractivity contribution in [2.75, 3.05) is 18.9 Å². The highest BCUT2D eigenvalue weighted by atomic mass is 16.2. The average molecular weight is 360 g/mol. The van der Waals surface area contributed by atoms with Crippen LogP contribution in [0.25, 0.3) is 22.2 Å². The molecule has 0 saturated carbocycles. The molecule has 0 bridgehead atoms. The lowest BCUT2D eigenvalue weighted by Crippen LogP contribution is -2.49. The second-order valence-corrected chi connectivity index (χ2v) is 6.48. The van der Waals surface area contributed by atoms with Gasteiger partial charge in [0, 0.05) is 42.4 Å². The van der Waals surface area contributed by atoms with E-state index >= 15 is 0 Å². The van der Waals surface area contributed by atoms with Crippen molar-refractivity contribution >= 4 is 22.6 Å². The van der Waals surface area contributed by atoms with Crippen LogP contribution in [-0.2, 0) is 4.79 Å². The molecule has 1 aliphatic heterocycles. The summed E-state index contributed by atoms with van der Waals surface area (Å²) in [6, 6.07) is 10.1. The molecule has 2 N–H and O–H groups in total. The highest BCUT2D eigenvalue weighted by Gasteiger charge is 2.17. The zero-order valence-electron chi connectivity index (χ0n) is 15.2. The predicted octanol–water partition coefficient (Wildman–Crippen LogP) is 2.31. The number of hydrogen-bond acceptors (Lipinski definition) is 6. The van der Waals surface area contributed by atoms with Crippen molar-refractivity contribution in [1.82, 2.24) is 25.4 Å². The summed E-state index contributed by atoms with van der Waals surface area (Å²) in [5, 5.41) is 5.91. The van der Waals surface area contributed by atoms with Gasteiger partial charge < -0.3 is 5.32 Å². The van der Waals surface area contributed by atoms with E-state index in [0.29, 0.717) is 6.54 Å². The Morgan fingerprint density at radius 2 is 2.11 bits per heavy atom. The van der Waals surface area contributed by atoms with Crippen LogP contribution in [0.3, 0.4) is 0 Å². The lowest BCUT2D eigenvalue weighted by atomic mass is 10.0. The first-order chi connectivity index (χ1) is 13.1. The Morgan fingerprint density at radius 1 is 1.22 bits per heavy atom. The largest absolute Gasteiger partial charge is 0.368 e. The van der Waals surface area contributed by atoms with Crippen LogP contribution >= 0.6 is 0 Å². The molecule has 4 rings (SSSR count). The molecular formula is C20H20N6O. The average Bonchev–Trinajstić information content (AvgIpc) is 2.69. The number of fused-ring (bicyclic) bond motifs is 1. The number of benzene rings is 1. The first kappa shape index (κ1) is 17.1. The van der Waals surface area contributed by atoms with E-state index < -0.39 is 0 Å². The van der Waals surface area contributed by atoms with Gasteiger partial charge in [-0.25, -0.2) is 15.4 Å². The number of nitrogens with one attached hydrogen (secondary N) is 2. The summed E-state index contributed by atoms with van der Waals surface area (Å²) in [5.41, 5.74) is 6.96. The highest BCUT2D eigenvalue weighted by molar-refractivity contribution is 5.88. The molecule has 7 nitrogen and oxygen atoms in total. The third kappa shape index (κ3) is 3.50. The SMILES string of the molecule is Cc1c(NCC2C=CC(=O)N(C)N2)ncnc1-c1ccc2ncccc2c1. The topological polar surface area (TPSA) is 83.0 Å². The van der Waals surface area contributed by atoms with Gasteiger partial charge in [0.25, 0.3) is 5.91 Å². The molecule has 1 unspecified atom stereocenters. The van der Waals surface area contributed by atoms with E-state index in [1.54, 1.807) is 25.6 Å². The molecule has 27 heavy (non-hydrogen) atoms. The molecule has 136 valence electrons. The van der Waals surface area contributed by atoms with Crippen LogP contribution in [0.5, 0.6) is 0 Å². The number of likely N-dealkylation sites (N-methyl/N-ethyl adjacent to an activating group) is 1.